The van der Waals surface area contributed by atoms with Crippen LogP contribution in [0.5, 0.6) is 0 Å². The molecule has 0 aromatic heterocycles. The number of hydrogen-bond acceptors (Lipinski definition) is 1. The van der Waals surface area contributed by atoms with Crippen molar-refractivity contribution in [3.05, 3.63) is 34.9 Å². The molecule has 1 aliphatic carbocycles. The Balaban J connectivity index is 2.03. The highest BCUT2D eigenvalue weighted by atomic mass is 16.3. The van der Waals surface area contributed by atoms with Crippen molar-refractivity contribution in [2.24, 2.45) is 5.92 Å². The summed E-state index contributed by atoms with van der Waals surface area (Å²) < 4.78 is 0. The third-order valence-electron chi connectivity index (χ3n) is 4.88. The molecule has 0 saturated heterocycles. The summed E-state index contributed by atoms with van der Waals surface area (Å²) in [5, 5.41) is 10.9. The molecule has 1 aliphatic rings. The van der Waals surface area contributed by atoms with Crippen LogP contribution in [0.4, 0.5) is 0 Å². The van der Waals surface area contributed by atoms with E-state index in [1.165, 1.54) is 42.4 Å². The van der Waals surface area contributed by atoms with E-state index in [2.05, 4.69) is 39.0 Å². The van der Waals surface area contributed by atoms with Gasteiger partial charge in [-0.25, -0.2) is 0 Å². The Morgan fingerprint density at radius 2 is 1.74 bits per heavy atom. The van der Waals surface area contributed by atoms with E-state index in [1.54, 1.807) is 0 Å². The maximum Gasteiger partial charge on any atom is 0.0688 e. The van der Waals surface area contributed by atoms with Crippen LogP contribution in [0.1, 0.15) is 62.1 Å². The molecule has 1 nitrogen and oxygen atoms in total. The summed E-state index contributed by atoms with van der Waals surface area (Å²) in [6.45, 7) is 6.58. The summed E-state index contributed by atoms with van der Waals surface area (Å²) in [7, 11) is 0. The first-order chi connectivity index (χ1) is 9.04. The second kappa shape index (κ2) is 6.09. The molecule has 2 rings (SSSR count). The molecular formula is C18H28O. The van der Waals surface area contributed by atoms with Crippen molar-refractivity contribution in [3.8, 4) is 0 Å². The minimum atomic E-state index is -0.457. The minimum absolute atomic E-state index is 0.457. The molecule has 1 heteroatoms. The Morgan fingerprint density at radius 3 is 2.26 bits per heavy atom. The first-order valence-electron chi connectivity index (χ1n) is 7.81. The fourth-order valence-corrected chi connectivity index (χ4v) is 3.55. The zero-order valence-corrected chi connectivity index (χ0v) is 12.7. The summed E-state index contributed by atoms with van der Waals surface area (Å²) >= 11 is 0. The normalized spacial score (nSPS) is 27.5. The summed E-state index contributed by atoms with van der Waals surface area (Å²) in [6, 6.07) is 6.43. The summed E-state index contributed by atoms with van der Waals surface area (Å²) in [5.41, 5.74) is 3.55. The average molecular weight is 260 g/mol. The number of hydrogen-bond donors (Lipinski definition) is 1. The molecule has 0 spiro atoms. The molecule has 1 saturated carbocycles. The van der Waals surface area contributed by atoms with Crippen LogP contribution in [0.2, 0.25) is 0 Å². The molecule has 0 atom stereocenters. The van der Waals surface area contributed by atoms with Gasteiger partial charge in [-0.2, -0.15) is 0 Å². The summed E-state index contributed by atoms with van der Waals surface area (Å²) in [6.07, 6.45) is 7.81. The number of aliphatic hydroxyl groups is 1. The van der Waals surface area contributed by atoms with Crippen LogP contribution in [0.25, 0.3) is 0 Å². The fourth-order valence-electron chi connectivity index (χ4n) is 3.55. The lowest BCUT2D eigenvalue weighted by molar-refractivity contribution is -0.0101. The standard InChI is InChI=1S/C18H28O/c1-4-6-16-9-11-18(19,12-10-16)13-17-14(2)7-5-8-15(17)3/h5,7-8,16,19H,4,6,9-13H2,1-3H3. The molecule has 1 aromatic carbocycles. The maximum atomic E-state index is 10.9. The quantitative estimate of drug-likeness (QED) is 0.841. The van der Waals surface area contributed by atoms with Crippen LogP contribution < -0.4 is 0 Å². The van der Waals surface area contributed by atoms with E-state index in [0.29, 0.717) is 0 Å². The molecule has 0 bridgehead atoms. The minimum Gasteiger partial charge on any atom is -0.390 e. The van der Waals surface area contributed by atoms with Crippen LogP contribution >= 0.6 is 0 Å². The molecular weight excluding hydrogens is 232 g/mol. The number of benzene rings is 1. The summed E-state index contributed by atoms with van der Waals surface area (Å²) in [4.78, 5) is 0. The van der Waals surface area contributed by atoms with Gasteiger partial charge in [-0.05, 0) is 62.1 Å². The van der Waals surface area contributed by atoms with Crippen LogP contribution in [0.3, 0.4) is 0 Å². The van der Waals surface area contributed by atoms with Crippen LogP contribution in [-0.2, 0) is 6.42 Å². The topological polar surface area (TPSA) is 20.2 Å². The van der Waals surface area contributed by atoms with Gasteiger partial charge < -0.3 is 5.11 Å². The molecule has 0 aliphatic heterocycles. The van der Waals surface area contributed by atoms with Gasteiger partial charge in [0.25, 0.3) is 0 Å². The lowest BCUT2D eigenvalue weighted by Gasteiger charge is -2.37. The van der Waals surface area contributed by atoms with Crippen molar-refractivity contribution in [2.75, 3.05) is 0 Å². The monoisotopic (exact) mass is 260 g/mol. The van der Waals surface area contributed by atoms with Gasteiger partial charge in [0, 0.05) is 6.42 Å². The largest absolute Gasteiger partial charge is 0.390 e. The fraction of sp³-hybridized carbons (Fsp3) is 0.667. The number of rotatable bonds is 4. The molecule has 0 unspecified atom stereocenters. The van der Waals surface area contributed by atoms with Crippen molar-refractivity contribution in [2.45, 2.75) is 71.3 Å². The van der Waals surface area contributed by atoms with Gasteiger partial charge in [0.2, 0.25) is 0 Å². The molecule has 1 fully saturated rings. The van der Waals surface area contributed by atoms with Crippen LogP contribution in [-0.4, -0.2) is 10.7 Å². The van der Waals surface area contributed by atoms with E-state index in [0.717, 1.165) is 25.2 Å². The van der Waals surface area contributed by atoms with Crippen molar-refractivity contribution >= 4 is 0 Å². The van der Waals surface area contributed by atoms with E-state index >= 15 is 0 Å². The maximum absolute atomic E-state index is 10.9. The van der Waals surface area contributed by atoms with E-state index < -0.39 is 5.60 Å². The summed E-state index contributed by atoms with van der Waals surface area (Å²) in [5.74, 6) is 0.850. The van der Waals surface area contributed by atoms with E-state index in [-0.39, 0.29) is 0 Å². The van der Waals surface area contributed by atoms with Gasteiger partial charge in [-0.1, -0.05) is 38.0 Å². The van der Waals surface area contributed by atoms with Gasteiger partial charge in [0.05, 0.1) is 5.60 Å². The zero-order valence-electron chi connectivity index (χ0n) is 12.7. The number of aryl methyl sites for hydroxylation is 2. The Labute approximate surface area is 118 Å². The SMILES string of the molecule is CCCC1CCC(O)(Cc2c(C)cccc2C)CC1. The Bertz CT molecular complexity index is 393. The lowest BCUT2D eigenvalue weighted by Crippen LogP contribution is -2.36. The molecule has 106 valence electrons. The smallest absolute Gasteiger partial charge is 0.0688 e. The van der Waals surface area contributed by atoms with E-state index in [9.17, 15) is 5.11 Å². The highest BCUT2D eigenvalue weighted by Crippen LogP contribution is 2.37. The Kier molecular flexibility index (Phi) is 4.67. The molecule has 1 aromatic rings. The van der Waals surface area contributed by atoms with Crippen LogP contribution in [0, 0.1) is 19.8 Å². The van der Waals surface area contributed by atoms with Gasteiger partial charge in [-0.3, -0.25) is 0 Å². The Morgan fingerprint density at radius 1 is 1.16 bits per heavy atom. The lowest BCUT2D eigenvalue weighted by atomic mass is 9.74. The zero-order chi connectivity index (χ0) is 13.9. The predicted molar refractivity (Wildman–Crippen MR) is 81.4 cm³/mol. The van der Waals surface area contributed by atoms with Crippen molar-refractivity contribution in [1.82, 2.24) is 0 Å². The third kappa shape index (κ3) is 3.60. The molecule has 0 heterocycles. The van der Waals surface area contributed by atoms with E-state index in [4.69, 9.17) is 0 Å². The molecule has 19 heavy (non-hydrogen) atoms. The molecule has 0 amide bonds. The predicted octanol–water partition coefficient (Wildman–Crippen LogP) is 4.57. The van der Waals surface area contributed by atoms with Gasteiger partial charge in [0.15, 0.2) is 0 Å². The Hall–Kier alpha value is -0.820. The second-order valence-corrected chi connectivity index (χ2v) is 6.50. The first kappa shape index (κ1) is 14.6. The molecule has 0 radical (unpaired) electrons. The van der Waals surface area contributed by atoms with Crippen molar-refractivity contribution < 1.29 is 5.11 Å². The van der Waals surface area contributed by atoms with Gasteiger partial charge >= 0.3 is 0 Å². The highest BCUT2D eigenvalue weighted by Gasteiger charge is 2.33. The third-order valence-corrected chi connectivity index (χ3v) is 4.88. The van der Waals surface area contributed by atoms with Crippen molar-refractivity contribution in [3.63, 3.8) is 0 Å². The van der Waals surface area contributed by atoms with E-state index in [1.807, 2.05) is 0 Å². The van der Waals surface area contributed by atoms with Crippen LogP contribution in [0.15, 0.2) is 18.2 Å². The first-order valence-corrected chi connectivity index (χ1v) is 7.81. The van der Waals surface area contributed by atoms with Gasteiger partial charge in [-0.15, -0.1) is 0 Å². The molecule has 1 N–H and O–H groups in total. The highest BCUT2D eigenvalue weighted by molar-refractivity contribution is 5.34. The van der Waals surface area contributed by atoms with Gasteiger partial charge in [0.1, 0.15) is 0 Å². The van der Waals surface area contributed by atoms with Crippen molar-refractivity contribution in [1.29, 1.82) is 0 Å². The second-order valence-electron chi connectivity index (χ2n) is 6.50. The average Bonchev–Trinajstić information content (AvgIpc) is 2.38.